The van der Waals surface area contributed by atoms with E-state index in [9.17, 15) is 9.90 Å². The molecule has 0 spiro atoms. The van der Waals surface area contributed by atoms with Gasteiger partial charge in [0.1, 0.15) is 0 Å². The van der Waals surface area contributed by atoms with Crippen LogP contribution in [-0.2, 0) is 5.54 Å². The molecule has 0 fully saturated rings. The highest BCUT2D eigenvalue weighted by Crippen LogP contribution is 2.30. The Balaban J connectivity index is 1.84. The predicted molar refractivity (Wildman–Crippen MR) is 104 cm³/mol. The fraction of sp³-hybridized carbons (Fsp3) is 0.158. The number of carbonyl (C=O) groups excluding carboxylic acids is 1. The van der Waals surface area contributed by atoms with Gasteiger partial charge in [-0.25, -0.2) is 15.0 Å². The third-order valence-corrected chi connectivity index (χ3v) is 4.28. The zero-order valence-electron chi connectivity index (χ0n) is 14.8. The van der Waals surface area contributed by atoms with Crippen molar-refractivity contribution in [3.8, 4) is 17.0 Å². The largest absolute Gasteiger partial charge is 0.493 e. The summed E-state index contributed by atoms with van der Waals surface area (Å²) in [5.74, 6) is -0.237. The summed E-state index contributed by atoms with van der Waals surface area (Å²) < 4.78 is 0. The number of aromatic nitrogens is 3. The van der Waals surface area contributed by atoms with Crippen LogP contribution in [-0.4, -0.2) is 26.0 Å². The fourth-order valence-electron chi connectivity index (χ4n) is 2.60. The molecule has 2 aromatic heterocycles. The molecule has 2 heterocycles. The van der Waals surface area contributed by atoms with Crippen LogP contribution in [0.5, 0.6) is 5.88 Å². The van der Waals surface area contributed by atoms with Crippen molar-refractivity contribution in [2.24, 2.45) is 5.73 Å². The van der Waals surface area contributed by atoms with Crippen molar-refractivity contribution in [2.45, 2.75) is 19.4 Å². The molecule has 7 nitrogen and oxygen atoms in total. The zero-order valence-corrected chi connectivity index (χ0v) is 15.5. The summed E-state index contributed by atoms with van der Waals surface area (Å²) in [5, 5.41) is 13.2. The van der Waals surface area contributed by atoms with Gasteiger partial charge in [0.2, 0.25) is 17.7 Å². The first-order valence-corrected chi connectivity index (χ1v) is 8.50. The van der Waals surface area contributed by atoms with Gasteiger partial charge < -0.3 is 16.2 Å². The highest BCUT2D eigenvalue weighted by Gasteiger charge is 2.26. The van der Waals surface area contributed by atoms with Crippen LogP contribution in [0.4, 0.5) is 5.95 Å². The lowest BCUT2D eigenvalue weighted by Crippen LogP contribution is -2.30. The lowest BCUT2D eigenvalue weighted by molar-refractivity contribution is 0.100. The number of anilines is 1. The molecule has 0 saturated carbocycles. The second kappa shape index (κ2) is 7.20. The van der Waals surface area contributed by atoms with E-state index in [4.69, 9.17) is 17.3 Å². The number of nitrogens with zero attached hydrogens (tertiary/aromatic N) is 3. The molecule has 1 aromatic carbocycles. The van der Waals surface area contributed by atoms with Gasteiger partial charge in [-0.15, -0.1) is 0 Å². The van der Waals surface area contributed by atoms with Gasteiger partial charge in [0.15, 0.2) is 0 Å². The van der Waals surface area contributed by atoms with E-state index in [0.29, 0.717) is 22.2 Å². The SMILES string of the molecule is CC(C)(Nc1ncc(-c2cccc(C(N)=O)c2)cn1)c1nc(O)ccc1Cl. The number of benzene rings is 1. The number of amides is 1. The van der Waals surface area contributed by atoms with Crippen molar-refractivity contribution in [1.82, 2.24) is 15.0 Å². The molecule has 3 rings (SSSR count). The minimum absolute atomic E-state index is 0.116. The van der Waals surface area contributed by atoms with E-state index in [1.54, 1.807) is 36.7 Å². The molecule has 1 amide bonds. The number of primary amides is 1. The molecule has 0 atom stereocenters. The van der Waals surface area contributed by atoms with Crippen LogP contribution >= 0.6 is 11.6 Å². The molecular formula is C19H18ClN5O2. The van der Waals surface area contributed by atoms with Crippen LogP contribution in [0, 0.1) is 0 Å². The summed E-state index contributed by atoms with van der Waals surface area (Å²) in [4.78, 5) is 24.1. The number of halogens is 1. The van der Waals surface area contributed by atoms with E-state index in [1.807, 2.05) is 19.9 Å². The van der Waals surface area contributed by atoms with Gasteiger partial charge in [-0.3, -0.25) is 4.79 Å². The van der Waals surface area contributed by atoms with Crippen LogP contribution < -0.4 is 11.1 Å². The summed E-state index contributed by atoms with van der Waals surface area (Å²) in [6.45, 7) is 3.71. The minimum Gasteiger partial charge on any atom is -0.493 e. The number of aromatic hydroxyl groups is 1. The molecule has 4 N–H and O–H groups in total. The Hall–Kier alpha value is -3.19. The third kappa shape index (κ3) is 4.15. The lowest BCUT2D eigenvalue weighted by atomic mass is 10.00. The normalized spacial score (nSPS) is 11.2. The van der Waals surface area contributed by atoms with Gasteiger partial charge in [-0.2, -0.15) is 0 Å². The lowest BCUT2D eigenvalue weighted by Gasteiger charge is -2.26. The summed E-state index contributed by atoms with van der Waals surface area (Å²) >= 11 is 6.20. The quantitative estimate of drug-likeness (QED) is 0.622. The average molecular weight is 384 g/mol. The summed E-state index contributed by atoms with van der Waals surface area (Å²) in [6.07, 6.45) is 3.28. The highest BCUT2D eigenvalue weighted by atomic mass is 35.5. The number of hydrogen-bond acceptors (Lipinski definition) is 6. The summed E-state index contributed by atoms with van der Waals surface area (Å²) in [6, 6.07) is 9.94. The number of pyridine rings is 1. The Morgan fingerprint density at radius 1 is 1.15 bits per heavy atom. The topological polar surface area (TPSA) is 114 Å². The van der Waals surface area contributed by atoms with Gasteiger partial charge in [0.25, 0.3) is 0 Å². The molecule has 138 valence electrons. The Labute approximate surface area is 161 Å². The summed E-state index contributed by atoms with van der Waals surface area (Å²) in [7, 11) is 0. The molecule has 0 radical (unpaired) electrons. The van der Waals surface area contributed by atoms with Crippen LogP contribution in [0.3, 0.4) is 0 Å². The Kier molecular flexibility index (Phi) is 4.96. The minimum atomic E-state index is -0.719. The van der Waals surface area contributed by atoms with E-state index >= 15 is 0 Å². The molecule has 0 aliphatic carbocycles. The Morgan fingerprint density at radius 2 is 1.85 bits per heavy atom. The van der Waals surface area contributed by atoms with Crippen LogP contribution in [0.1, 0.15) is 29.9 Å². The van der Waals surface area contributed by atoms with Crippen molar-refractivity contribution >= 4 is 23.5 Å². The van der Waals surface area contributed by atoms with E-state index in [-0.39, 0.29) is 5.88 Å². The molecule has 0 aliphatic heterocycles. The fourth-order valence-corrected chi connectivity index (χ4v) is 2.94. The van der Waals surface area contributed by atoms with Crippen LogP contribution in [0.15, 0.2) is 48.8 Å². The van der Waals surface area contributed by atoms with E-state index < -0.39 is 11.4 Å². The number of rotatable bonds is 5. The standard InChI is InChI=1S/C19H18ClN5O2/c1-19(2,16-14(20)6-7-15(26)24-16)25-18-22-9-13(10-23-18)11-4-3-5-12(8-11)17(21)27/h3-10H,1-2H3,(H2,21,27)(H,24,26)(H,22,23,25). The second-order valence-electron chi connectivity index (χ2n) is 6.49. The third-order valence-electron chi connectivity index (χ3n) is 3.98. The maximum atomic E-state index is 11.3. The van der Waals surface area contributed by atoms with Gasteiger partial charge >= 0.3 is 0 Å². The number of nitrogens with one attached hydrogen (secondary N) is 1. The Bertz CT molecular complexity index is 990. The average Bonchev–Trinajstić information content (AvgIpc) is 2.64. The first kappa shape index (κ1) is 18.6. The summed E-state index contributed by atoms with van der Waals surface area (Å²) in [5.41, 5.74) is 7.03. The molecule has 27 heavy (non-hydrogen) atoms. The van der Waals surface area contributed by atoms with E-state index in [1.165, 1.54) is 6.07 Å². The highest BCUT2D eigenvalue weighted by molar-refractivity contribution is 6.31. The molecule has 0 saturated heterocycles. The predicted octanol–water partition coefficient (Wildman–Crippen LogP) is 3.34. The van der Waals surface area contributed by atoms with Gasteiger partial charge in [0.05, 0.1) is 16.3 Å². The second-order valence-corrected chi connectivity index (χ2v) is 6.90. The molecule has 0 unspecified atom stereocenters. The molecule has 0 aliphatic rings. The molecular weight excluding hydrogens is 366 g/mol. The van der Waals surface area contributed by atoms with Crippen LogP contribution in [0.2, 0.25) is 5.02 Å². The maximum Gasteiger partial charge on any atom is 0.248 e. The molecule has 0 bridgehead atoms. The van der Waals surface area contributed by atoms with Gasteiger partial charge in [0, 0.05) is 29.6 Å². The molecule has 3 aromatic rings. The van der Waals surface area contributed by atoms with Crippen LogP contribution in [0.25, 0.3) is 11.1 Å². The maximum absolute atomic E-state index is 11.3. The van der Waals surface area contributed by atoms with E-state index in [0.717, 1.165) is 11.1 Å². The zero-order chi connectivity index (χ0) is 19.6. The van der Waals surface area contributed by atoms with Crippen molar-refractivity contribution in [3.05, 3.63) is 65.1 Å². The van der Waals surface area contributed by atoms with Crippen molar-refractivity contribution < 1.29 is 9.90 Å². The van der Waals surface area contributed by atoms with E-state index in [2.05, 4.69) is 20.3 Å². The van der Waals surface area contributed by atoms with Gasteiger partial charge in [-0.05, 0) is 37.6 Å². The Morgan fingerprint density at radius 3 is 2.52 bits per heavy atom. The number of nitrogens with two attached hydrogens (primary N) is 1. The van der Waals surface area contributed by atoms with Crippen molar-refractivity contribution in [2.75, 3.05) is 5.32 Å². The first-order valence-electron chi connectivity index (χ1n) is 8.13. The number of hydrogen-bond donors (Lipinski definition) is 3. The van der Waals surface area contributed by atoms with Crippen molar-refractivity contribution in [1.29, 1.82) is 0 Å². The van der Waals surface area contributed by atoms with Crippen molar-refractivity contribution in [3.63, 3.8) is 0 Å². The van der Waals surface area contributed by atoms with Gasteiger partial charge in [-0.1, -0.05) is 23.7 Å². The first-order chi connectivity index (χ1) is 12.8. The monoisotopic (exact) mass is 383 g/mol. The molecule has 8 heteroatoms. The number of carbonyl (C=O) groups is 1. The smallest absolute Gasteiger partial charge is 0.248 e.